The lowest BCUT2D eigenvalue weighted by atomic mass is 10.1. The zero-order chi connectivity index (χ0) is 23.4. The molecule has 34 heavy (non-hydrogen) atoms. The van der Waals surface area contributed by atoms with Crippen LogP contribution in [0.25, 0.3) is 6.08 Å². The van der Waals surface area contributed by atoms with E-state index >= 15 is 0 Å². The summed E-state index contributed by atoms with van der Waals surface area (Å²) >= 11 is 0. The van der Waals surface area contributed by atoms with E-state index in [1.807, 2.05) is 54.6 Å². The third-order valence-electron chi connectivity index (χ3n) is 5.29. The molecule has 2 heterocycles. The van der Waals surface area contributed by atoms with Crippen molar-refractivity contribution in [1.82, 2.24) is 5.32 Å². The van der Waals surface area contributed by atoms with Crippen molar-refractivity contribution in [1.29, 1.82) is 0 Å². The van der Waals surface area contributed by atoms with E-state index in [-0.39, 0.29) is 11.8 Å². The second kappa shape index (κ2) is 13.1. The smallest absolute Gasteiger partial charge is 0.363 e. The summed E-state index contributed by atoms with van der Waals surface area (Å²) in [6.45, 7) is 5.27. The minimum absolute atomic E-state index is 0.205. The van der Waals surface area contributed by atoms with E-state index in [1.165, 1.54) is 0 Å². The molecule has 0 amide bonds. The van der Waals surface area contributed by atoms with Gasteiger partial charge in [0.05, 0.1) is 46.2 Å². The average Bonchev–Trinajstić information content (AvgIpc) is 3.23. The fraction of sp³-hybridized carbons (Fsp3) is 0.385. The van der Waals surface area contributed by atoms with Gasteiger partial charge < -0.3 is 29.0 Å². The van der Waals surface area contributed by atoms with Crippen LogP contribution in [0.4, 0.5) is 0 Å². The van der Waals surface area contributed by atoms with Crippen molar-refractivity contribution in [3.05, 3.63) is 77.0 Å². The Morgan fingerprint density at radius 3 is 2.32 bits per heavy atom. The number of hydrogen-bond donors (Lipinski definition) is 1. The Hall–Kier alpha value is -2.88. The van der Waals surface area contributed by atoms with Gasteiger partial charge in [0.15, 0.2) is 5.70 Å². The van der Waals surface area contributed by atoms with Gasteiger partial charge in [-0.15, -0.1) is 0 Å². The molecule has 1 unspecified atom stereocenters. The Balaban J connectivity index is 1.40. The molecule has 8 heteroatoms. The maximum Gasteiger partial charge on any atom is 0.363 e. The molecule has 1 saturated heterocycles. The summed E-state index contributed by atoms with van der Waals surface area (Å²) in [4.78, 5) is 16.6. The van der Waals surface area contributed by atoms with Gasteiger partial charge in [0.2, 0.25) is 5.90 Å². The van der Waals surface area contributed by atoms with Crippen LogP contribution >= 0.6 is 0 Å². The van der Waals surface area contributed by atoms with Crippen LogP contribution in [0.3, 0.4) is 0 Å². The number of carbonyl (C=O) groups excluding carboxylic acids is 1. The summed E-state index contributed by atoms with van der Waals surface area (Å²) in [5.74, 6) is -0.139. The third kappa shape index (κ3) is 7.31. The summed E-state index contributed by atoms with van der Waals surface area (Å²) in [5, 5.41) is 3.30. The van der Waals surface area contributed by atoms with Crippen molar-refractivity contribution < 1.29 is 28.5 Å². The lowest BCUT2D eigenvalue weighted by Gasteiger charge is -2.19. The van der Waals surface area contributed by atoms with Crippen LogP contribution in [0.2, 0.25) is 0 Å². The monoisotopic (exact) mass is 466 g/mol. The second-order valence-electron chi connectivity index (χ2n) is 7.78. The van der Waals surface area contributed by atoms with Gasteiger partial charge in [0.25, 0.3) is 0 Å². The highest BCUT2D eigenvalue weighted by molar-refractivity contribution is 6.12. The predicted molar refractivity (Wildman–Crippen MR) is 128 cm³/mol. The van der Waals surface area contributed by atoms with Gasteiger partial charge in [-0.1, -0.05) is 42.5 Å². The molecule has 0 radical (unpaired) electrons. The molecule has 0 aliphatic carbocycles. The molecule has 1 fully saturated rings. The van der Waals surface area contributed by atoms with E-state index in [0.29, 0.717) is 52.1 Å². The van der Waals surface area contributed by atoms with Gasteiger partial charge in [0.1, 0.15) is 6.10 Å². The lowest BCUT2D eigenvalue weighted by Crippen LogP contribution is -2.25. The molecular formula is C26H30N2O6. The summed E-state index contributed by atoms with van der Waals surface area (Å²) in [6.07, 6.45) is 1.52. The lowest BCUT2D eigenvalue weighted by molar-refractivity contribution is -0.129. The largest absolute Gasteiger partial charge is 0.402 e. The van der Waals surface area contributed by atoms with Gasteiger partial charge in [-0.2, -0.15) is 0 Å². The fourth-order valence-corrected chi connectivity index (χ4v) is 3.49. The molecule has 2 aromatic carbocycles. The Labute approximate surface area is 199 Å². The van der Waals surface area contributed by atoms with E-state index in [2.05, 4.69) is 10.3 Å². The molecule has 4 rings (SSSR count). The number of benzene rings is 2. The van der Waals surface area contributed by atoms with E-state index in [1.54, 1.807) is 6.08 Å². The third-order valence-corrected chi connectivity index (χ3v) is 5.29. The molecule has 1 atom stereocenters. The highest BCUT2D eigenvalue weighted by atomic mass is 16.6. The fourth-order valence-electron chi connectivity index (χ4n) is 3.49. The van der Waals surface area contributed by atoms with E-state index < -0.39 is 5.97 Å². The number of hydrogen-bond acceptors (Lipinski definition) is 8. The molecule has 0 aromatic heterocycles. The summed E-state index contributed by atoms with van der Waals surface area (Å²) in [7, 11) is 0. The minimum atomic E-state index is -0.457. The van der Waals surface area contributed by atoms with Crippen molar-refractivity contribution in [2.24, 2.45) is 4.99 Å². The van der Waals surface area contributed by atoms with Gasteiger partial charge >= 0.3 is 5.97 Å². The van der Waals surface area contributed by atoms with Gasteiger partial charge in [0, 0.05) is 18.7 Å². The first-order valence-corrected chi connectivity index (χ1v) is 11.5. The zero-order valence-corrected chi connectivity index (χ0v) is 19.1. The molecule has 8 nitrogen and oxygen atoms in total. The van der Waals surface area contributed by atoms with Crippen LogP contribution in [0.1, 0.15) is 22.8 Å². The van der Waals surface area contributed by atoms with Gasteiger partial charge in [-0.25, -0.2) is 9.79 Å². The molecular weight excluding hydrogens is 436 g/mol. The average molecular weight is 467 g/mol. The topological polar surface area (TPSA) is 87.6 Å². The molecule has 0 spiro atoms. The minimum Gasteiger partial charge on any atom is -0.402 e. The van der Waals surface area contributed by atoms with Crippen LogP contribution < -0.4 is 5.32 Å². The Morgan fingerprint density at radius 1 is 0.824 bits per heavy atom. The molecule has 1 N–H and O–H groups in total. The van der Waals surface area contributed by atoms with E-state index in [4.69, 9.17) is 23.7 Å². The Kier molecular flexibility index (Phi) is 9.36. The van der Waals surface area contributed by atoms with Crippen LogP contribution in [-0.2, 0) is 28.5 Å². The Bertz CT molecular complexity index is 959. The SMILES string of the molecule is O=C1OC(c2ccccc2)=NC1=Cc1ccc(C2COCCOCCOCCNCCO2)cc1. The van der Waals surface area contributed by atoms with Crippen molar-refractivity contribution in [3.8, 4) is 0 Å². The first-order chi connectivity index (χ1) is 16.8. The number of rotatable bonds is 3. The van der Waals surface area contributed by atoms with Crippen molar-refractivity contribution in [3.63, 3.8) is 0 Å². The molecule has 2 aliphatic rings. The van der Waals surface area contributed by atoms with E-state index in [0.717, 1.165) is 29.8 Å². The molecule has 180 valence electrons. The number of nitrogens with zero attached hydrogens (tertiary/aromatic N) is 1. The van der Waals surface area contributed by atoms with Crippen molar-refractivity contribution >= 4 is 17.9 Å². The number of cyclic esters (lactones) is 1. The quantitative estimate of drug-likeness (QED) is 0.550. The summed E-state index contributed by atoms with van der Waals surface area (Å²) in [6, 6.07) is 17.2. The molecule has 2 aliphatic heterocycles. The summed E-state index contributed by atoms with van der Waals surface area (Å²) in [5.41, 5.74) is 2.89. The number of carbonyl (C=O) groups is 1. The maximum absolute atomic E-state index is 12.3. The zero-order valence-electron chi connectivity index (χ0n) is 19.1. The number of nitrogens with one attached hydrogen (secondary N) is 1. The normalized spacial score (nSPS) is 22.5. The van der Waals surface area contributed by atoms with Crippen LogP contribution in [-0.4, -0.2) is 71.2 Å². The Morgan fingerprint density at radius 2 is 1.53 bits per heavy atom. The van der Waals surface area contributed by atoms with Gasteiger partial charge in [-0.3, -0.25) is 0 Å². The predicted octanol–water partition coefficient (Wildman–Crippen LogP) is 2.74. The number of ether oxygens (including phenoxy) is 5. The number of esters is 1. The standard InChI is InChI=1S/C26H30N2O6/c29-26-23(28-25(34-26)22-4-2-1-3-5-22)18-20-6-8-21(9-7-20)24-19-32-17-16-31-15-14-30-12-10-27-11-13-33-24/h1-9,18,24,27H,10-17,19H2. The second-order valence-corrected chi connectivity index (χ2v) is 7.78. The number of aliphatic imine (C=N–C) groups is 1. The van der Waals surface area contributed by atoms with Crippen LogP contribution in [0.15, 0.2) is 65.3 Å². The van der Waals surface area contributed by atoms with Crippen LogP contribution in [0, 0.1) is 0 Å². The first kappa shape index (κ1) is 24.3. The summed E-state index contributed by atoms with van der Waals surface area (Å²) < 4.78 is 28.2. The maximum atomic E-state index is 12.3. The highest BCUT2D eigenvalue weighted by Crippen LogP contribution is 2.22. The highest BCUT2D eigenvalue weighted by Gasteiger charge is 2.24. The van der Waals surface area contributed by atoms with Crippen molar-refractivity contribution in [2.75, 3.05) is 59.3 Å². The van der Waals surface area contributed by atoms with Crippen molar-refractivity contribution in [2.45, 2.75) is 6.10 Å². The molecule has 0 saturated carbocycles. The first-order valence-electron chi connectivity index (χ1n) is 11.5. The van der Waals surface area contributed by atoms with E-state index in [9.17, 15) is 4.79 Å². The molecule has 2 aromatic rings. The van der Waals surface area contributed by atoms with Gasteiger partial charge in [-0.05, 0) is 29.3 Å². The van der Waals surface area contributed by atoms with Crippen LogP contribution in [0.5, 0.6) is 0 Å². The molecule has 0 bridgehead atoms.